The Morgan fingerprint density at radius 1 is 1.30 bits per heavy atom. The Balaban J connectivity index is 2.53. The Morgan fingerprint density at radius 2 is 1.90 bits per heavy atom. The molecule has 10 heavy (non-hydrogen) atoms. The second-order valence-corrected chi connectivity index (χ2v) is 3.14. The summed E-state index contributed by atoms with van der Waals surface area (Å²) in [4.78, 5) is 0. The lowest BCUT2D eigenvalue weighted by molar-refractivity contribution is -0.00366. The Bertz CT molecular complexity index is 115. The van der Waals surface area contributed by atoms with Gasteiger partial charge in [-0.05, 0) is 12.3 Å². The van der Waals surface area contributed by atoms with Gasteiger partial charge in [-0.3, -0.25) is 0 Å². The van der Waals surface area contributed by atoms with Crippen molar-refractivity contribution in [3.05, 3.63) is 0 Å². The quantitative estimate of drug-likeness (QED) is 0.461. The van der Waals surface area contributed by atoms with E-state index in [0.717, 1.165) is 6.42 Å². The summed E-state index contributed by atoms with van der Waals surface area (Å²) in [6.07, 6.45) is -0.643. The number of hydrogen-bond donors (Lipinski definition) is 3. The number of aliphatic hydroxyl groups is 3. The molecule has 0 amide bonds. The molecule has 0 saturated heterocycles. The van der Waals surface area contributed by atoms with Crippen molar-refractivity contribution in [1.82, 2.24) is 0 Å². The van der Waals surface area contributed by atoms with Crippen LogP contribution in [0.3, 0.4) is 0 Å². The van der Waals surface area contributed by atoms with Crippen LogP contribution in [0.2, 0.25) is 0 Å². The SMILES string of the molecule is C[C@@H]1C[C@H](CO)C(O)C1O. The van der Waals surface area contributed by atoms with E-state index < -0.39 is 12.2 Å². The molecular weight excluding hydrogens is 132 g/mol. The molecule has 0 heterocycles. The summed E-state index contributed by atoms with van der Waals surface area (Å²) in [5, 5.41) is 27.1. The van der Waals surface area contributed by atoms with Crippen molar-refractivity contribution in [1.29, 1.82) is 0 Å². The summed E-state index contributed by atoms with van der Waals surface area (Å²) in [5.41, 5.74) is 0. The number of rotatable bonds is 1. The molecule has 1 saturated carbocycles. The predicted octanol–water partition coefficient (Wildman–Crippen LogP) is -0.643. The maximum absolute atomic E-state index is 9.22. The summed E-state index contributed by atoms with van der Waals surface area (Å²) in [6, 6.07) is 0. The van der Waals surface area contributed by atoms with Gasteiger partial charge in [-0.1, -0.05) is 6.92 Å². The molecule has 0 spiro atoms. The number of aliphatic hydroxyl groups excluding tert-OH is 3. The van der Waals surface area contributed by atoms with E-state index in [-0.39, 0.29) is 18.4 Å². The van der Waals surface area contributed by atoms with Crippen LogP contribution < -0.4 is 0 Å². The fraction of sp³-hybridized carbons (Fsp3) is 1.00. The highest BCUT2D eigenvalue weighted by molar-refractivity contribution is 4.88. The summed E-state index contributed by atoms with van der Waals surface area (Å²) in [6.45, 7) is 1.85. The second-order valence-electron chi connectivity index (χ2n) is 3.14. The Hall–Kier alpha value is -0.120. The van der Waals surface area contributed by atoms with Gasteiger partial charge in [0, 0.05) is 12.5 Å². The molecule has 0 bridgehead atoms. The van der Waals surface area contributed by atoms with E-state index in [1.165, 1.54) is 0 Å². The van der Waals surface area contributed by atoms with Crippen molar-refractivity contribution < 1.29 is 15.3 Å². The fourth-order valence-corrected chi connectivity index (χ4v) is 1.55. The molecule has 1 rings (SSSR count). The van der Waals surface area contributed by atoms with Gasteiger partial charge < -0.3 is 15.3 Å². The first-order valence-corrected chi connectivity index (χ1v) is 3.63. The van der Waals surface area contributed by atoms with E-state index in [4.69, 9.17) is 5.11 Å². The molecule has 1 aliphatic carbocycles. The molecule has 60 valence electrons. The molecule has 3 heteroatoms. The van der Waals surface area contributed by atoms with Crippen LogP contribution in [0.4, 0.5) is 0 Å². The Labute approximate surface area is 60.3 Å². The molecule has 3 nitrogen and oxygen atoms in total. The van der Waals surface area contributed by atoms with Crippen LogP contribution in [-0.2, 0) is 0 Å². The standard InChI is InChI=1S/C7H14O3/c1-4-2-5(3-8)7(10)6(4)9/h4-10H,2-3H2,1H3/t4-,5-,6?,7?/m1/s1. The zero-order chi connectivity index (χ0) is 7.72. The number of hydrogen-bond acceptors (Lipinski definition) is 3. The third kappa shape index (κ3) is 1.17. The van der Waals surface area contributed by atoms with Crippen LogP contribution in [0.1, 0.15) is 13.3 Å². The van der Waals surface area contributed by atoms with Crippen molar-refractivity contribution in [2.75, 3.05) is 6.61 Å². The zero-order valence-electron chi connectivity index (χ0n) is 6.07. The lowest BCUT2D eigenvalue weighted by atomic mass is 10.1. The van der Waals surface area contributed by atoms with Gasteiger partial charge in [-0.15, -0.1) is 0 Å². The van der Waals surface area contributed by atoms with Crippen LogP contribution in [-0.4, -0.2) is 34.1 Å². The van der Waals surface area contributed by atoms with Gasteiger partial charge in [-0.25, -0.2) is 0 Å². The van der Waals surface area contributed by atoms with Crippen LogP contribution in [0, 0.1) is 11.8 Å². The van der Waals surface area contributed by atoms with Gasteiger partial charge in [0.2, 0.25) is 0 Å². The van der Waals surface area contributed by atoms with E-state index in [0.29, 0.717) is 0 Å². The normalized spacial score (nSPS) is 48.0. The van der Waals surface area contributed by atoms with Crippen LogP contribution in [0.5, 0.6) is 0 Å². The zero-order valence-corrected chi connectivity index (χ0v) is 6.07. The van der Waals surface area contributed by atoms with Gasteiger partial charge in [0.15, 0.2) is 0 Å². The van der Waals surface area contributed by atoms with Crippen molar-refractivity contribution in [2.45, 2.75) is 25.6 Å². The van der Waals surface area contributed by atoms with Crippen LogP contribution >= 0.6 is 0 Å². The minimum atomic E-state index is -0.722. The molecule has 0 aromatic rings. The first kappa shape index (κ1) is 7.98. The molecule has 0 radical (unpaired) electrons. The lowest BCUT2D eigenvalue weighted by Crippen LogP contribution is -2.28. The topological polar surface area (TPSA) is 60.7 Å². The summed E-state index contributed by atoms with van der Waals surface area (Å²) < 4.78 is 0. The molecule has 1 aliphatic rings. The lowest BCUT2D eigenvalue weighted by Gasteiger charge is -2.13. The molecular formula is C7H14O3. The molecule has 0 aromatic heterocycles. The summed E-state index contributed by atoms with van der Waals surface area (Å²) in [5.74, 6) is -0.00264. The molecule has 0 aromatic carbocycles. The van der Waals surface area contributed by atoms with Gasteiger partial charge in [0.1, 0.15) is 0 Å². The Morgan fingerprint density at radius 3 is 2.10 bits per heavy atom. The third-order valence-electron chi connectivity index (χ3n) is 2.32. The summed E-state index contributed by atoms with van der Waals surface area (Å²) in [7, 11) is 0. The maximum atomic E-state index is 9.22. The average Bonchev–Trinajstić information content (AvgIpc) is 2.17. The first-order valence-electron chi connectivity index (χ1n) is 3.63. The molecule has 4 atom stereocenters. The third-order valence-corrected chi connectivity index (χ3v) is 2.32. The molecule has 3 N–H and O–H groups in total. The van der Waals surface area contributed by atoms with E-state index in [9.17, 15) is 10.2 Å². The van der Waals surface area contributed by atoms with E-state index >= 15 is 0 Å². The Kier molecular flexibility index (Phi) is 2.28. The van der Waals surface area contributed by atoms with Gasteiger partial charge in [0.05, 0.1) is 12.2 Å². The highest BCUT2D eigenvalue weighted by Gasteiger charge is 2.38. The maximum Gasteiger partial charge on any atom is 0.0851 e. The average molecular weight is 146 g/mol. The van der Waals surface area contributed by atoms with Crippen molar-refractivity contribution >= 4 is 0 Å². The van der Waals surface area contributed by atoms with Crippen LogP contribution in [0.15, 0.2) is 0 Å². The van der Waals surface area contributed by atoms with Gasteiger partial charge in [-0.2, -0.15) is 0 Å². The van der Waals surface area contributed by atoms with Crippen molar-refractivity contribution in [2.24, 2.45) is 11.8 Å². The minimum Gasteiger partial charge on any atom is -0.396 e. The minimum absolute atomic E-state index is 0.0252. The summed E-state index contributed by atoms with van der Waals surface area (Å²) >= 11 is 0. The van der Waals surface area contributed by atoms with Gasteiger partial charge >= 0.3 is 0 Å². The van der Waals surface area contributed by atoms with E-state index in [2.05, 4.69) is 0 Å². The molecule has 1 fully saturated rings. The predicted molar refractivity (Wildman–Crippen MR) is 36.4 cm³/mol. The van der Waals surface area contributed by atoms with Crippen molar-refractivity contribution in [3.63, 3.8) is 0 Å². The van der Waals surface area contributed by atoms with E-state index in [1.54, 1.807) is 0 Å². The van der Waals surface area contributed by atoms with Gasteiger partial charge in [0.25, 0.3) is 0 Å². The van der Waals surface area contributed by atoms with E-state index in [1.807, 2.05) is 6.92 Å². The highest BCUT2D eigenvalue weighted by atomic mass is 16.3. The highest BCUT2D eigenvalue weighted by Crippen LogP contribution is 2.30. The largest absolute Gasteiger partial charge is 0.396 e. The monoisotopic (exact) mass is 146 g/mol. The molecule has 2 unspecified atom stereocenters. The first-order chi connectivity index (χ1) is 4.66. The van der Waals surface area contributed by atoms with Crippen LogP contribution in [0.25, 0.3) is 0 Å². The molecule has 0 aliphatic heterocycles. The second kappa shape index (κ2) is 2.86. The van der Waals surface area contributed by atoms with Crippen molar-refractivity contribution in [3.8, 4) is 0 Å². The smallest absolute Gasteiger partial charge is 0.0851 e. The fourth-order valence-electron chi connectivity index (χ4n) is 1.55.